The number of carbonyl (C=O) groups excluding carboxylic acids is 1. The lowest BCUT2D eigenvalue weighted by Gasteiger charge is -2.31. The van der Waals surface area contributed by atoms with Crippen LogP contribution in [0.1, 0.15) is 24.3 Å². The molecule has 3 atom stereocenters. The topological polar surface area (TPSA) is 139 Å². The van der Waals surface area contributed by atoms with Crippen LogP contribution >= 0.6 is 0 Å². The van der Waals surface area contributed by atoms with E-state index < -0.39 is 18.0 Å². The van der Waals surface area contributed by atoms with Crippen LogP contribution < -0.4 is 29.0 Å². The van der Waals surface area contributed by atoms with Crippen LogP contribution in [0.2, 0.25) is 0 Å². The predicted molar refractivity (Wildman–Crippen MR) is 124 cm³/mol. The molecule has 0 amide bonds. The first-order chi connectivity index (χ1) is 16.8. The van der Waals surface area contributed by atoms with Gasteiger partial charge >= 0.3 is 5.97 Å². The van der Waals surface area contributed by atoms with Crippen molar-refractivity contribution < 1.29 is 48.8 Å². The molecule has 35 heavy (non-hydrogen) atoms. The number of carboxylic acids is 2. The number of rotatable bonds is 9. The van der Waals surface area contributed by atoms with Gasteiger partial charge in [0.25, 0.3) is 0 Å². The van der Waals surface area contributed by atoms with Crippen LogP contribution in [0.4, 0.5) is 0 Å². The first kappa shape index (κ1) is 27.7. The number of aliphatic hydroxyl groups is 1. The first-order valence-electron chi connectivity index (χ1n) is 11.2. The fraction of sp³-hybridized carbons (Fsp3) is 0.440. The summed E-state index contributed by atoms with van der Waals surface area (Å²) in [7, 11) is 4.70. The van der Waals surface area contributed by atoms with Gasteiger partial charge in [0.05, 0.1) is 34.4 Å². The number of methoxy groups -OCH3 is 3. The number of hydrogen-bond acceptors (Lipinski definition) is 8. The highest BCUT2D eigenvalue weighted by molar-refractivity contribution is 6.26. The van der Waals surface area contributed by atoms with Crippen molar-refractivity contribution in [2.75, 3.05) is 47.6 Å². The molecule has 0 aromatic heterocycles. The third-order valence-electron chi connectivity index (χ3n) is 5.67. The average molecular weight is 492 g/mol. The largest absolute Gasteiger partial charge is 0.539 e. The van der Waals surface area contributed by atoms with Gasteiger partial charge in [0.1, 0.15) is 25.0 Å². The predicted octanol–water partition coefficient (Wildman–Crippen LogP) is -0.264. The van der Waals surface area contributed by atoms with Crippen LogP contribution in [0, 0.1) is 0 Å². The lowest BCUT2D eigenvalue weighted by Crippen LogP contribution is -3.14. The van der Waals surface area contributed by atoms with E-state index in [9.17, 15) is 5.11 Å². The van der Waals surface area contributed by atoms with Gasteiger partial charge < -0.3 is 44.0 Å². The van der Waals surface area contributed by atoms with Crippen LogP contribution in [0.15, 0.2) is 42.5 Å². The molecule has 1 fully saturated rings. The smallest absolute Gasteiger partial charge is 0.351 e. The first-order valence-corrected chi connectivity index (χ1v) is 11.2. The average Bonchev–Trinajstić information content (AvgIpc) is 2.87. The van der Waals surface area contributed by atoms with Gasteiger partial charge in [-0.15, -0.1) is 0 Å². The number of hydrogen-bond donors (Lipinski definition) is 3. The Morgan fingerprint density at radius 2 is 1.69 bits per heavy atom. The van der Waals surface area contributed by atoms with Crippen molar-refractivity contribution in [2.45, 2.75) is 24.9 Å². The monoisotopic (exact) mass is 491 g/mol. The fourth-order valence-corrected chi connectivity index (χ4v) is 4.07. The van der Waals surface area contributed by atoms with Crippen LogP contribution in [0.3, 0.4) is 0 Å². The molecule has 3 rings (SSSR count). The minimum absolute atomic E-state index is 0.220. The molecule has 2 aromatic rings. The second-order valence-corrected chi connectivity index (χ2v) is 8.08. The lowest BCUT2D eigenvalue weighted by molar-refractivity contribution is -0.909. The van der Waals surface area contributed by atoms with E-state index >= 15 is 0 Å². The Labute approximate surface area is 204 Å². The van der Waals surface area contributed by atoms with Crippen molar-refractivity contribution in [2.24, 2.45) is 0 Å². The number of nitrogens with one attached hydrogen (secondary N) is 1. The van der Waals surface area contributed by atoms with Crippen LogP contribution in [-0.2, 0) is 9.59 Å². The normalized spacial score (nSPS) is 17.8. The van der Waals surface area contributed by atoms with Crippen molar-refractivity contribution in [1.82, 2.24) is 0 Å². The Bertz CT molecular complexity index is 914. The second kappa shape index (κ2) is 14.0. The number of carbonyl (C=O) groups is 2. The molecule has 3 unspecified atom stereocenters. The SMILES string of the molecule is COc1cc(OCC(O)C[NH+]2CCCC(c3ccccc3)C2)cc(OC)c1OC.O=C([O-])C(=O)O. The fourth-order valence-electron chi connectivity index (χ4n) is 4.07. The van der Waals surface area contributed by atoms with Gasteiger partial charge in [-0.25, -0.2) is 4.79 Å². The van der Waals surface area contributed by atoms with Crippen molar-refractivity contribution >= 4 is 11.9 Å². The number of aliphatic carboxylic acids is 2. The van der Waals surface area contributed by atoms with E-state index in [1.165, 1.54) is 23.3 Å². The molecule has 0 spiro atoms. The summed E-state index contributed by atoms with van der Waals surface area (Å²) in [5.74, 6) is -1.29. The Kier molecular flexibility index (Phi) is 11.1. The summed E-state index contributed by atoms with van der Waals surface area (Å²) in [5.41, 5.74) is 1.40. The Morgan fingerprint density at radius 3 is 2.20 bits per heavy atom. The lowest BCUT2D eigenvalue weighted by atomic mass is 9.90. The van der Waals surface area contributed by atoms with E-state index in [1.807, 2.05) is 0 Å². The van der Waals surface area contributed by atoms with E-state index in [0.29, 0.717) is 35.5 Å². The summed E-state index contributed by atoms with van der Waals surface area (Å²) in [6.07, 6.45) is 1.85. The molecule has 2 aromatic carbocycles. The molecule has 1 saturated heterocycles. The highest BCUT2D eigenvalue weighted by Crippen LogP contribution is 2.40. The quantitative estimate of drug-likeness (QED) is 0.405. The summed E-state index contributed by atoms with van der Waals surface area (Å²) in [5, 5.41) is 26.9. The Morgan fingerprint density at radius 1 is 1.09 bits per heavy atom. The zero-order chi connectivity index (χ0) is 25.8. The van der Waals surface area contributed by atoms with Crippen LogP contribution in [0.5, 0.6) is 23.0 Å². The molecule has 1 heterocycles. The standard InChI is InChI=1S/C23H31NO5.C2H2O4/c1-26-21-12-20(13-22(27-2)23(21)28-3)29-16-19(25)15-24-11-7-10-18(14-24)17-8-5-4-6-9-17;3-1(4)2(5)6/h4-6,8-9,12-13,18-19,25H,7,10-11,14-16H2,1-3H3;(H,3,4)(H,5,6). The van der Waals surface area contributed by atoms with Gasteiger partial charge in [0.2, 0.25) is 5.75 Å². The van der Waals surface area contributed by atoms with E-state index in [4.69, 9.17) is 38.7 Å². The Hall–Kier alpha value is -3.50. The zero-order valence-corrected chi connectivity index (χ0v) is 20.2. The summed E-state index contributed by atoms with van der Waals surface area (Å²) >= 11 is 0. The molecule has 1 aliphatic rings. The maximum Gasteiger partial charge on any atom is 0.351 e. The van der Waals surface area contributed by atoms with Crippen molar-refractivity contribution in [3.05, 3.63) is 48.0 Å². The highest BCUT2D eigenvalue weighted by Gasteiger charge is 2.26. The molecule has 0 radical (unpaired) electrons. The van der Waals surface area contributed by atoms with E-state index in [0.717, 1.165) is 13.1 Å². The molecular weight excluding hydrogens is 458 g/mol. The van der Waals surface area contributed by atoms with Gasteiger partial charge in [-0.2, -0.15) is 0 Å². The summed E-state index contributed by atoms with van der Waals surface area (Å²) in [6.45, 7) is 3.03. The van der Waals surface area contributed by atoms with Gasteiger partial charge in [0.15, 0.2) is 17.5 Å². The van der Waals surface area contributed by atoms with E-state index in [-0.39, 0.29) is 6.61 Å². The number of piperidine rings is 1. The number of aliphatic hydroxyl groups excluding tert-OH is 1. The Balaban J connectivity index is 0.000000641. The second-order valence-electron chi connectivity index (χ2n) is 8.08. The summed E-state index contributed by atoms with van der Waals surface area (Å²) < 4.78 is 21.9. The maximum atomic E-state index is 10.5. The summed E-state index contributed by atoms with van der Waals surface area (Å²) in [4.78, 5) is 19.4. The van der Waals surface area contributed by atoms with Crippen molar-refractivity contribution in [3.8, 4) is 23.0 Å². The molecule has 0 aliphatic carbocycles. The molecule has 1 aliphatic heterocycles. The number of benzene rings is 2. The van der Waals surface area contributed by atoms with E-state index in [2.05, 4.69) is 30.3 Å². The third kappa shape index (κ3) is 8.66. The van der Waals surface area contributed by atoms with Crippen molar-refractivity contribution in [3.63, 3.8) is 0 Å². The molecule has 0 saturated carbocycles. The number of quaternary nitrogens is 1. The van der Waals surface area contributed by atoms with Gasteiger partial charge in [-0.05, 0) is 18.4 Å². The zero-order valence-electron chi connectivity index (χ0n) is 20.2. The van der Waals surface area contributed by atoms with Crippen LogP contribution in [-0.4, -0.2) is 75.8 Å². The number of likely N-dealkylation sites (tertiary alicyclic amines) is 1. The maximum absolute atomic E-state index is 10.5. The molecule has 0 bridgehead atoms. The number of carboxylic acid groups (broad SMARTS) is 2. The summed E-state index contributed by atoms with van der Waals surface area (Å²) in [6, 6.07) is 14.2. The van der Waals surface area contributed by atoms with Crippen LogP contribution in [0.25, 0.3) is 0 Å². The van der Waals surface area contributed by atoms with Gasteiger partial charge in [-0.1, -0.05) is 30.3 Å². The molecular formula is C25H33NO9. The van der Waals surface area contributed by atoms with E-state index in [1.54, 1.807) is 33.5 Å². The minimum atomic E-state index is -2.07. The minimum Gasteiger partial charge on any atom is -0.539 e. The molecule has 192 valence electrons. The van der Waals surface area contributed by atoms with Crippen molar-refractivity contribution in [1.29, 1.82) is 0 Å². The molecule has 3 N–H and O–H groups in total. The molecule has 10 heteroatoms. The van der Waals surface area contributed by atoms with Gasteiger partial charge in [0, 0.05) is 18.1 Å². The van der Waals surface area contributed by atoms with Gasteiger partial charge in [-0.3, -0.25) is 0 Å². The third-order valence-corrected chi connectivity index (χ3v) is 5.67. The number of ether oxygens (including phenoxy) is 4. The molecule has 10 nitrogen and oxygen atoms in total. The highest BCUT2D eigenvalue weighted by atomic mass is 16.5.